The monoisotopic (exact) mass is 1400 g/mol. The second-order valence-electron chi connectivity index (χ2n) is 17.1. The van der Waals surface area contributed by atoms with Crippen molar-refractivity contribution in [1.82, 2.24) is 104 Å². The lowest BCUT2D eigenvalue weighted by Crippen LogP contribution is -2.29. The van der Waals surface area contributed by atoms with Gasteiger partial charge in [-0.2, -0.15) is 0 Å². The van der Waals surface area contributed by atoms with Crippen LogP contribution >= 0.6 is 0 Å². The van der Waals surface area contributed by atoms with Gasteiger partial charge in [0.1, 0.15) is 0 Å². The Morgan fingerprint density at radius 2 is 0.330 bits per heavy atom. The summed E-state index contributed by atoms with van der Waals surface area (Å²) >= 11 is 0. The van der Waals surface area contributed by atoms with Crippen molar-refractivity contribution >= 4 is 59.1 Å². The molecule has 10 rings (SSSR count). The van der Waals surface area contributed by atoms with Crippen LogP contribution in [0, 0.1) is 0 Å². The van der Waals surface area contributed by atoms with Gasteiger partial charge in [0.05, 0.1) is 0 Å². The molecule has 100 heavy (non-hydrogen) atoms. The van der Waals surface area contributed by atoms with Gasteiger partial charge in [0.15, 0.2) is 0 Å². The smallest absolute Gasteiger partial charge is 0.265 e. The van der Waals surface area contributed by atoms with Crippen molar-refractivity contribution in [3.05, 3.63) is 301 Å². The maximum absolute atomic E-state index is 10.7. The number of hydrogen-bond acceptors (Lipinski definition) is 30. The Kier molecular flexibility index (Phi) is 44.6. The number of rotatable bonds is 10. The van der Waals surface area contributed by atoms with E-state index in [2.05, 4.69) is 49.8 Å². The number of carbonyl (C=O) groups is 10. The van der Waals surface area contributed by atoms with Crippen molar-refractivity contribution in [3.8, 4) is 0 Å². The first kappa shape index (κ1) is 83.8. The predicted molar refractivity (Wildman–Crippen MR) is 359 cm³/mol. The molecule has 0 bridgehead atoms. The molecule has 0 fully saturated rings. The Bertz CT molecular complexity index is 3070. The fraction of sp³-hybridized carbons (Fsp3) is 0. The fourth-order valence-electron chi connectivity index (χ4n) is 5.87. The number of aromatic nitrogens is 10. The van der Waals surface area contributed by atoms with Crippen LogP contribution in [0.3, 0.4) is 0 Å². The Balaban J connectivity index is 0.000000556. The number of nitrogens with two attached hydrogens (primary N) is 10. The third kappa shape index (κ3) is 36.3. The van der Waals surface area contributed by atoms with Gasteiger partial charge in [-0.25, -0.2) is 58.4 Å². The highest BCUT2D eigenvalue weighted by Gasteiger charge is 2.06. The predicted octanol–water partition coefficient (Wildman–Crippen LogP) is -3.15. The van der Waals surface area contributed by atoms with Gasteiger partial charge in [-0.1, -0.05) is 0 Å². The molecule has 0 aromatic carbocycles. The zero-order chi connectivity index (χ0) is 74.0. The normalized spacial score (nSPS) is 8.90. The average Bonchev–Trinajstić information content (AvgIpc) is 2.97. The highest BCUT2D eigenvalue weighted by atomic mass is 18.1. The van der Waals surface area contributed by atoms with Gasteiger partial charge >= 0.3 is 0 Å². The molecule has 10 aromatic rings. The quantitative estimate of drug-likeness (QED) is 0.0161. The van der Waals surface area contributed by atoms with E-state index in [-0.39, 0.29) is 59.1 Å². The van der Waals surface area contributed by atoms with E-state index in [0.29, 0.717) is 55.6 Å². The lowest BCUT2D eigenvalue weighted by molar-refractivity contribution is 0.0945. The van der Waals surface area contributed by atoms with Crippen LogP contribution < -0.4 is 113 Å². The molecule has 0 aliphatic rings. The molecular weight excluding hydrogens is 1330 g/mol. The molecule has 0 saturated carbocycles. The molecule has 40 heteroatoms. The molecule has 520 valence electrons. The molecule has 0 aliphatic carbocycles. The van der Waals surface area contributed by atoms with Crippen LogP contribution in [0.15, 0.2) is 245 Å². The molecular formula is C60H70N30O10. The van der Waals surface area contributed by atoms with E-state index in [1.807, 2.05) is 54.3 Å². The molecule has 10 amide bonds. The number of carbonyl (C=O) groups excluding carboxylic acids is 10. The Labute approximate surface area is 568 Å². The van der Waals surface area contributed by atoms with E-state index < -0.39 is 0 Å². The van der Waals surface area contributed by atoms with Gasteiger partial charge in [0.2, 0.25) is 0 Å². The van der Waals surface area contributed by atoms with Gasteiger partial charge in [-0.3, -0.25) is 152 Å². The van der Waals surface area contributed by atoms with Crippen LogP contribution in [0.25, 0.3) is 0 Å². The minimum absolute atomic E-state index is 0.303. The maximum atomic E-state index is 10.7. The first-order valence-electron chi connectivity index (χ1n) is 27.5. The first-order valence-corrected chi connectivity index (χ1v) is 27.5. The summed E-state index contributed by atoms with van der Waals surface area (Å²) in [5.74, 6) is 45.8. The molecule has 10 heterocycles. The molecule has 0 saturated heterocycles. The summed E-state index contributed by atoms with van der Waals surface area (Å²) in [6.07, 6.45) is 30.6. The lowest BCUT2D eigenvalue weighted by Gasteiger charge is -1.95. The second-order valence-corrected chi connectivity index (χ2v) is 17.1. The largest absolute Gasteiger partial charge is 0.290 e. The zero-order valence-electron chi connectivity index (χ0n) is 52.4. The van der Waals surface area contributed by atoms with Gasteiger partial charge in [0, 0.05) is 180 Å². The number of nitrogen functional groups attached to an aromatic ring is 10. The average molecular weight is 1400 g/mol. The van der Waals surface area contributed by atoms with Crippen molar-refractivity contribution < 1.29 is 47.9 Å². The van der Waals surface area contributed by atoms with Crippen LogP contribution in [0.5, 0.6) is 0 Å². The third-order valence-electron chi connectivity index (χ3n) is 10.7. The van der Waals surface area contributed by atoms with Crippen LogP contribution in [0.2, 0.25) is 0 Å². The topological polar surface area (TPSA) is 680 Å². The van der Waals surface area contributed by atoms with Crippen molar-refractivity contribution in [2.45, 2.75) is 0 Å². The lowest BCUT2D eigenvalue weighted by atomic mass is 10.3. The number of pyridine rings is 10. The van der Waals surface area contributed by atoms with Crippen molar-refractivity contribution in [1.29, 1.82) is 0 Å². The number of amides is 10. The number of hydrogen-bond donors (Lipinski definition) is 20. The van der Waals surface area contributed by atoms with Gasteiger partial charge in [0.25, 0.3) is 59.1 Å². The van der Waals surface area contributed by atoms with E-state index >= 15 is 0 Å². The van der Waals surface area contributed by atoms with Crippen LogP contribution in [-0.2, 0) is 0 Å². The zero-order valence-corrected chi connectivity index (χ0v) is 52.4. The summed E-state index contributed by atoms with van der Waals surface area (Å²) < 4.78 is 0. The molecule has 0 aliphatic heterocycles. The van der Waals surface area contributed by atoms with E-state index in [4.69, 9.17) is 58.4 Å². The highest BCUT2D eigenvalue weighted by molar-refractivity contribution is 5.97. The first-order chi connectivity index (χ1) is 48.4. The van der Waals surface area contributed by atoms with Gasteiger partial charge < -0.3 is 0 Å². The molecule has 0 atom stereocenters. The Morgan fingerprint density at radius 3 is 0.440 bits per heavy atom. The summed E-state index contributed by atoms with van der Waals surface area (Å²) in [6, 6.07) is 31.7. The third-order valence-corrected chi connectivity index (χ3v) is 10.7. The summed E-state index contributed by atoms with van der Waals surface area (Å²) in [5, 5.41) is 0. The van der Waals surface area contributed by atoms with Crippen molar-refractivity contribution in [2.24, 2.45) is 58.4 Å². The minimum atomic E-state index is -0.303. The molecule has 0 radical (unpaired) electrons. The van der Waals surface area contributed by atoms with E-state index in [9.17, 15) is 47.9 Å². The van der Waals surface area contributed by atoms with Crippen molar-refractivity contribution in [2.75, 3.05) is 0 Å². The minimum Gasteiger partial charge on any atom is -0.290 e. The maximum Gasteiger partial charge on any atom is 0.265 e. The molecule has 10 aromatic heterocycles. The molecule has 0 spiro atoms. The van der Waals surface area contributed by atoms with E-state index in [0.717, 1.165) is 0 Å². The molecule has 40 nitrogen and oxygen atoms in total. The molecule has 0 unspecified atom stereocenters. The molecule has 30 N–H and O–H groups in total. The van der Waals surface area contributed by atoms with Gasteiger partial charge in [-0.05, 0) is 121 Å². The van der Waals surface area contributed by atoms with Crippen LogP contribution in [-0.4, -0.2) is 109 Å². The van der Waals surface area contributed by atoms with Gasteiger partial charge in [-0.15, -0.1) is 0 Å². The fourth-order valence-corrected chi connectivity index (χ4v) is 5.87. The highest BCUT2D eigenvalue weighted by Crippen LogP contribution is 2.00. The number of nitrogens with zero attached hydrogens (tertiary/aromatic N) is 10. The second kappa shape index (κ2) is 53.2. The SMILES string of the molecule is NNC(=[17O])c1ccncc1.NNC(=[18O])c1ccncc1.NN[13C](=O)c1ccncc1.NN[13C](=[17O])c1ccncc1.NN[13C](=[18O])c1ccncc1.[15NH2][15NH]C(=[17O])c1ccncc1.[15NH2][15NH]C(=[18O])c1ccncc1.[15NH2][15NH][13C](=O)c1ccncc1.[15NH2][15NH][13C](=[17O])c1ccncc1.[15NH2][15NH][13C](=[18O])c1ccncc1. The van der Waals surface area contributed by atoms with E-state index in [1.54, 1.807) is 121 Å². The Hall–Kier alpha value is -14.2. The summed E-state index contributed by atoms with van der Waals surface area (Å²) in [7, 11) is 0. The Morgan fingerprint density at radius 1 is 0.210 bits per heavy atom. The number of hydrazine groups is 10. The van der Waals surface area contributed by atoms with Crippen LogP contribution in [0.4, 0.5) is 0 Å². The summed E-state index contributed by atoms with van der Waals surface area (Å²) in [5.41, 5.74) is 25.3. The summed E-state index contributed by atoms with van der Waals surface area (Å²) in [4.78, 5) is 145. The standard InChI is InChI=1S/10C6H7N3O/c10*7-9-6(10)5-1-3-8-4-2-5/h10*1-4H,7H2,(H,9,10)/i6+1,7+1,9+1,10+2;6+1,7+1,9+1,10+1;7+1,9+1,10+2;7+1,9+1,10+1;6+1,7+1,9+1;6+1,10+2;6+1,10+1;10+2;10+1;6+1. The summed E-state index contributed by atoms with van der Waals surface area (Å²) in [6.45, 7) is 0. The van der Waals surface area contributed by atoms with Crippen molar-refractivity contribution in [3.63, 3.8) is 0 Å². The van der Waals surface area contributed by atoms with Crippen LogP contribution in [0.1, 0.15) is 104 Å². The number of nitrogens with one attached hydrogen (secondary N) is 10. The van der Waals surface area contributed by atoms with E-state index in [1.165, 1.54) is 124 Å².